The standard InChI is InChI=1S/C16H24N2O2S/c1-11(2)18(9-8-15(17)21)16(19)13-6-5-7-14(10-13)20-12(3)4/h5-7,10-12H,8-9H2,1-4H3,(H2,17,21). The molecule has 0 fully saturated rings. The van der Waals surface area contributed by atoms with Crippen molar-refractivity contribution in [2.24, 2.45) is 5.73 Å². The molecule has 4 nitrogen and oxygen atoms in total. The van der Waals surface area contributed by atoms with Crippen molar-refractivity contribution in [2.75, 3.05) is 6.54 Å². The lowest BCUT2D eigenvalue weighted by Gasteiger charge is -2.27. The average molecular weight is 308 g/mol. The van der Waals surface area contributed by atoms with Gasteiger partial charge in [0.2, 0.25) is 0 Å². The minimum absolute atomic E-state index is 0.0320. The Bertz CT molecular complexity index is 501. The lowest BCUT2D eigenvalue weighted by atomic mass is 10.1. The largest absolute Gasteiger partial charge is 0.491 e. The molecule has 2 N–H and O–H groups in total. The molecule has 0 radical (unpaired) electrons. The van der Waals surface area contributed by atoms with E-state index in [4.69, 9.17) is 22.7 Å². The van der Waals surface area contributed by atoms with Gasteiger partial charge in [-0.15, -0.1) is 0 Å². The smallest absolute Gasteiger partial charge is 0.254 e. The molecule has 0 unspecified atom stereocenters. The van der Waals surface area contributed by atoms with Crippen LogP contribution in [-0.4, -0.2) is 34.5 Å². The predicted octanol–water partition coefficient (Wildman–Crippen LogP) is 3.00. The number of nitrogens with two attached hydrogens (primary N) is 1. The highest BCUT2D eigenvalue weighted by Gasteiger charge is 2.19. The van der Waals surface area contributed by atoms with Crippen LogP contribution in [0.3, 0.4) is 0 Å². The number of benzene rings is 1. The highest BCUT2D eigenvalue weighted by atomic mass is 32.1. The molecule has 0 heterocycles. The Balaban J connectivity index is 2.90. The van der Waals surface area contributed by atoms with Crippen LogP contribution in [0, 0.1) is 0 Å². The predicted molar refractivity (Wildman–Crippen MR) is 89.8 cm³/mol. The lowest BCUT2D eigenvalue weighted by Crippen LogP contribution is -2.39. The highest BCUT2D eigenvalue weighted by Crippen LogP contribution is 2.17. The maximum Gasteiger partial charge on any atom is 0.254 e. The molecular formula is C16H24N2O2S. The van der Waals surface area contributed by atoms with Gasteiger partial charge in [-0.1, -0.05) is 18.3 Å². The number of hydrogen-bond acceptors (Lipinski definition) is 3. The zero-order valence-electron chi connectivity index (χ0n) is 13.1. The Hall–Kier alpha value is -1.62. The molecule has 0 atom stereocenters. The fourth-order valence-electron chi connectivity index (χ4n) is 1.97. The Morgan fingerprint density at radius 3 is 2.52 bits per heavy atom. The number of ether oxygens (including phenoxy) is 1. The van der Waals surface area contributed by atoms with Gasteiger partial charge in [0.05, 0.1) is 11.1 Å². The molecule has 1 aromatic rings. The number of amides is 1. The van der Waals surface area contributed by atoms with E-state index in [1.54, 1.807) is 17.0 Å². The summed E-state index contributed by atoms with van der Waals surface area (Å²) < 4.78 is 5.63. The molecule has 0 aliphatic heterocycles. The molecule has 1 rings (SSSR count). The summed E-state index contributed by atoms with van der Waals surface area (Å²) in [5, 5.41) is 0. The SMILES string of the molecule is CC(C)Oc1cccc(C(=O)N(CCC(N)=S)C(C)C)c1. The summed E-state index contributed by atoms with van der Waals surface area (Å²) in [6.45, 7) is 8.40. The van der Waals surface area contributed by atoms with Crippen LogP contribution in [0.5, 0.6) is 5.75 Å². The Morgan fingerprint density at radius 2 is 2.00 bits per heavy atom. The molecule has 5 heteroatoms. The van der Waals surface area contributed by atoms with Gasteiger partial charge in [0.1, 0.15) is 5.75 Å². The van der Waals surface area contributed by atoms with Gasteiger partial charge in [0.25, 0.3) is 5.91 Å². The third-order valence-corrected chi connectivity index (χ3v) is 3.14. The van der Waals surface area contributed by atoms with Crippen molar-refractivity contribution in [3.05, 3.63) is 29.8 Å². The molecule has 1 aromatic carbocycles. The summed E-state index contributed by atoms with van der Waals surface area (Å²) in [6, 6.07) is 7.34. The minimum atomic E-state index is -0.0320. The van der Waals surface area contributed by atoms with Crippen molar-refractivity contribution in [1.82, 2.24) is 4.90 Å². The van der Waals surface area contributed by atoms with Crippen LogP contribution in [0.15, 0.2) is 24.3 Å². The van der Waals surface area contributed by atoms with Crippen molar-refractivity contribution in [3.63, 3.8) is 0 Å². The van der Waals surface area contributed by atoms with Crippen LogP contribution in [0.25, 0.3) is 0 Å². The molecule has 0 spiro atoms. The van der Waals surface area contributed by atoms with Gasteiger partial charge in [0.15, 0.2) is 0 Å². The number of rotatable bonds is 7. The average Bonchev–Trinajstić information content (AvgIpc) is 2.37. The molecule has 0 aliphatic rings. The van der Waals surface area contributed by atoms with Gasteiger partial charge in [0, 0.05) is 24.6 Å². The Labute approximate surface area is 132 Å². The Morgan fingerprint density at radius 1 is 1.33 bits per heavy atom. The topological polar surface area (TPSA) is 55.6 Å². The summed E-state index contributed by atoms with van der Waals surface area (Å²) in [4.78, 5) is 14.8. The molecule has 116 valence electrons. The lowest BCUT2D eigenvalue weighted by molar-refractivity contribution is 0.0711. The molecule has 0 saturated heterocycles. The van der Waals surface area contributed by atoms with E-state index in [-0.39, 0.29) is 18.1 Å². The van der Waals surface area contributed by atoms with E-state index in [2.05, 4.69) is 0 Å². The fraction of sp³-hybridized carbons (Fsp3) is 0.500. The number of carbonyl (C=O) groups excluding carboxylic acids is 1. The van der Waals surface area contributed by atoms with E-state index >= 15 is 0 Å². The molecule has 0 saturated carbocycles. The first kappa shape index (κ1) is 17.4. The van der Waals surface area contributed by atoms with E-state index in [1.807, 2.05) is 39.8 Å². The second-order valence-electron chi connectivity index (χ2n) is 5.50. The van der Waals surface area contributed by atoms with Crippen LogP contribution >= 0.6 is 12.2 Å². The van der Waals surface area contributed by atoms with Crippen molar-refractivity contribution < 1.29 is 9.53 Å². The van der Waals surface area contributed by atoms with Crippen LogP contribution < -0.4 is 10.5 Å². The second kappa shape index (κ2) is 7.98. The van der Waals surface area contributed by atoms with Gasteiger partial charge in [-0.3, -0.25) is 4.79 Å². The zero-order chi connectivity index (χ0) is 16.0. The summed E-state index contributed by atoms with van der Waals surface area (Å²) in [6.07, 6.45) is 0.604. The van der Waals surface area contributed by atoms with Gasteiger partial charge < -0.3 is 15.4 Å². The summed E-state index contributed by atoms with van der Waals surface area (Å²) in [5.41, 5.74) is 6.15. The van der Waals surface area contributed by atoms with E-state index < -0.39 is 0 Å². The first-order chi connectivity index (χ1) is 9.81. The van der Waals surface area contributed by atoms with Crippen molar-refractivity contribution >= 4 is 23.1 Å². The van der Waals surface area contributed by atoms with Crippen molar-refractivity contribution in [1.29, 1.82) is 0 Å². The van der Waals surface area contributed by atoms with Crippen molar-refractivity contribution in [2.45, 2.75) is 46.3 Å². The maximum absolute atomic E-state index is 12.6. The van der Waals surface area contributed by atoms with Crippen LogP contribution in [-0.2, 0) is 0 Å². The molecule has 0 aromatic heterocycles. The molecule has 21 heavy (non-hydrogen) atoms. The van der Waals surface area contributed by atoms with Gasteiger partial charge in [-0.05, 0) is 45.9 Å². The van der Waals surface area contributed by atoms with E-state index in [9.17, 15) is 4.79 Å². The molecule has 0 aliphatic carbocycles. The third-order valence-electron chi connectivity index (χ3n) is 2.94. The van der Waals surface area contributed by atoms with Crippen LogP contribution in [0.1, 0.15) is 44.5 Å². The normalized spacial score (nSPS) is 10.8. The number of carbonyl (C=O) groups is 1. The molecular weight excluding hydrogens is 284 g/mol. The Kier molecular flexibility index (Phi) is 6.62. The van der Waals surface area contributed by atoms with E-state index in [0.717, 1.165) is 0 Å². The summed E-state index contributed by atoms with van der Waals surface area (Å²) in [5.74, 6) is 0.671. The zero-order valence-corrected chi connectivity index (χ0v) is 13.9. The maximum atomic E-state index is 12.6. The van der Waals surface area contributed by atoms with Gasteiger partial charge in [-0.25, -0.2) is 0 Å². The quantitative estimate of drug-likeness (QED) is 0.787. The third kappa shape index (κ3) is 5.71. The minimum Gasteiger partial charge on any atom is -0.491 e. The molecule has 0 bridgehead atoms. The van der Waals surface area contributed by atoms with E-state index in [1.165, 1.54) is 0 Å². The first-order valence-corrected chi connectivity index (χ1v) is 7.58. The first-order valence-electron chi connectivity index (χ1n) is 7.17. The number of nitrogens with zero attached hydrogens (tertiary/aromatic N) is 1. The highest BCUT2D eigenvalue weighted by molar-refractivity contribution is 7.80. The van der Waals surface area contributed by atoms with Gasteiger partial charge >= 0.3 is 0 Å². The summed E-state index contributed by atoms with van der Waals surface area (Å²) >= 11 is 4.89. The van der Waals surface area contributed by atoms with E-state index in [0.29, 0.717) is 29.3 Å². The molecule has 1 amide bonds. The van der Waals surface area contributed by atoms with Crippen molar-refractivity contribution in [3.8, 4) is 5.75 Å². The summed E-state index contributed by atoms with van der Waals surface area (Å²) in [7, 11) is 0. The second-order valence-corrected chi connectivity index (χ2v) is 6.03. The number of hydrogen-bond donors (Lipinski definition) is 1. The van der Waals surface area contributed by atoms with Gasteiger partial charge in [-0.2, -0.15) is 0 Å². The fourth-order valence-corrected chi connectivity index (χ4v) is 2.06. The number of thiocarbonyl (C=S) groups is 1. The van der Waals surface area contributed by atoms with Crippen LogP contribution in [0.4, 0.5) is 0 Å². The monoisotopic (exact) mass is 308 g/mol. The van der Waals surface area contributed by atoms with Crippen LogP contribution in [0.2, 0.25) is 0 Å².